The summed E-state index contributed by atoms with van der Waals surface area (Å²) in [5, 5.41) is 9.97. The van der Waals surface area contributed by atoms with Gasteiger partial charge in [0.15, 0.2) is 5.82 Å². The minimum Gasteiger partial charge on any atom is -0.368 e. The van der Waals surface area contributed by atoms with Crippen LogP contribution in [-0.4, -0.2) is 63.7 Å². The molecule has 1 amide bonds. The van der Waals surface area contributed by atoms with Crippen LogP contribution in [0.3, 0.4) is 0 Å². The number of carbonyl (C=O) groups is 1. The standard InChI is InChI=1S/C24H24N8O2/c25-14-20(33)32-12-10-31(11-13-32)18-8-6-17(7-9-18)27-23-21-19(15-26-30-24(21)34)28-22(29-23)16-4-2-1-3-5-16/h1-9,15H,10-14,25H2,(H,30,34)(H,27,28,29). The van der Waals surface area contributed by atoms with Gasteiger partial charge in [0.1, 0.15) is 16.7 Å². The Morgan fingerprint density at radius 1 is 1.00 bits per heavy atom. The molecular weight excluding hydrogens is 432 g/mol. The number of hydrogen-bond acceptors (Lipinski definition) is 8. The Labute approximate surface area is 195 Å². The second-order valence-electron chi connectivity index (χ2n) is 7.97. The summed E-state index contributed by atoms with van der Waals surface area (Å²) < 4.78 is 0. The SMILES string of the molecule is NCC(=O)N1CCN(c2ccc(Nc3nc(-c4ccccc4)nc4cn[nH]c(=O)c34)cc2)CC1. The van der Waals surface area contributed by atoms with Crippen LogP contribution in [0.5, 0.6) is 0 Å². The lowest BCUT2D eigenvalue weighted by molar-refractivity contribution is -0.129. The molecule has 0 aliphatic carbocycles. The largest absolute Gasteiger partial charge is 0.368 e. The third-order valence-corrected chi connectivity index (χ3v) is 5.85. The number of fused-ring (bicyclic) bond motifs is 1. The van der Waals surface area contributed by atoms with Gasteiger partial charge in [-0.25, -0.2) is 15.1 Å². The number of carbonyl (C=O) groups excluding carboxylic acids is 1. The lowest BCUT2D eigenvalue weighted by Gasteiger charge is -2.36. The molecule has 1 fully saturated rings. The van der Waals surface area contributed by atoms with Crippen molar-refractivity contribution in [2.75, 3.05) is 42.9 Å². The molecule has 34 heavy (non-hydrogen) atoms. The first-order chi connectivity index (χ1) is 16.6. The topological polar surface area (TPSA) is 133 Å². The van der Waals surface area contributed by atoms with Crippen molar-refractivity contribution < 1.29 is 4.79 Å². The van der Waals surface area contributed by atoms with Gasteiger partial charge in [0.05, 0.1) is 12.7 Å². The number of nitrogens with two attached hydrogens (primary N) is 1. The molecule has 1 saturated heterocycles. The van der Waals surface area contributed by atoms with Gasteiger partial charge >= 0.3 is 0 Å². The van der Waals surface area contributed by atoms with Crippen LogP contribution in [0, 0.1) is 0 Å². The monoisotopic (exact) mass is 456 g/mol. The number of benzene rings is 2. The molecule has 10 nitrogen and oxygen atoms in total. The fraction of sp³-hybridized carbons (Fsp3) is 0.208. The van der Waals surface area contributed by atoms with Crippen molar-refractivity contribution in [3.05, 3.63) is 71.1 Å². The summed E-state index contributed by atoms with van der Waals surface area (Å²) >= 11 is 0. The van der Waals surface area contributed by atoms with Crippen molar-refractivity contribution in [3.63, 3.8) is 0 Å². The zero-order valence-corrected chi connectivity index (χ0v) is 18.4. The number of H-pyrrole nitrogens is 1. The Hall–Kier alpha value is -4.31. The van der Waals surface area contributed by atoms with E-state index in [9.17, 15) is 9.59 Å². The lowest BCUT2D eigenvalue weighted by atomic mass is 10.2. The molecule has 2 aromatic carbocycles. The Balaban J connectivity index is 1.40. The number of piperazine rings is 1. The van der Waals surface area contributed by atoms with Crippen LogP contribution in [0.1, 0.15) is 0 Å². The summed E-state index contributed by atoms with van der Waals surface area (Å²) in [6, 6.07) is 17.5. The van der Waals surface area contributed by atoms with E-state index in [1.165, 1.54) is 6.20 Å². The number of anilines is 3. The highest BCUT2D eigenvalue weighted by atomic mass is 16.2. The molecule has 172 valence electrons. The van der Waals surface area contributed by atoms with Crippen LogP contribution in [0.25, 0.3) is 22.3 Å². The quantitative estimate of drug-likeness (QED) is 0.414. The summed E-state index contributed by atoms with van der Waals surface area (Å²) in [6.45, 7) is 2.85. The smallest absolute Gasteiger partial charge is 0.277 e. The minimum atomic E-state index is -0.360. The van der Waals surface area contributed by atoms with Gasteiger partial charge in [-0.3, -0.25) is 9.59 Å². The van der Waals surface area contributed by atoms with E-state index in [0.29, 0.717) is 35.6 Å². The average molecular weight is 457 g/mol. The summed E-state index contributed by atoms with van der Waals surface area (Å²) in [4.78, 5) is 37.5. The molecule has 0 unspecified atom stereocenters. The van der Waals surface area contributed by atoms with Gasteiger partial charge in [-0.05, 0) is 24.3 Å². The van der Waals surface area contributed by atoms with E-state index in [4.69, 9.17) is 5.73 Å². The molecule has 1 aliphatic rings. The number of aromatic nitrogens is 4. The average Bonchev–Trinajstić information content (AvgIpc) is 2.89. The van der Waals surface area contributed by atoms with Crippen molar-refractivity contribution in [3.8, 4) is 11.4 Å². The van der Waals surface area contributed by atoms with Crippen molar-refractivity contribution in [2.24, 2.45) is 5.73 Å². The lowest BCUT2D eigenvalue weighted by Crippen LogP contribution is -2.50. The molecule has 4 aromatic rings. The highest BCUT2D eigenvalue weighted by Crippen LogP contribution is 2.26. The van der Waals surface area contributed by atoms with Gasteiger partial charge in [-0.1, -0.05) is 30.3 Å². The maximum atomic E-state index is 12.5. The van der Waals surface area contributed by atoms with Crippen LogP contribution < -0.4 is 21.5 Å². The molecule has 1 aliphatic heterocycles. The first-order valence-corrected chi connectivity index (χ1v) is 11.0. The van der Waals surface area contributed by atoms with Crippen molar-refractivity contribution in [1.82, 2.24) is 25.1 Å². The molecule has 0 spiro atoms. The van der Waals surface area contributed by atoms with Crippen LogP contribution in [0.2, 0.25) is 0 Å². The van der Waals surface area contributed by atoms with Crippen LogP contribution in [0.4, 0.5) is 17.2 Å². The highest BCUT2D eigenvalue weighted by Gasteiger charge is 2.20. The van der Waals surface area contributed by atoms with Crippen molar-refractivity contribution >= 4 is 34.0 Å². The number of rotatable bonds is 5. The second kappa shape index (κ2) is 9.28. The predicted octanol–water partition coefficient (Wildman–Crippen LogP) is 1.73. The van der Waals surface area contributed by atoms with E-state index in [2.05, 4.69) is 30.4 Å². The molecule has 0 saturated carbocycles. The Morgan fingerprint density at radius 3 is 2.44 bits per heavy atom. The van der Waals surface area contributed by atoms with Gasteiger partial charge in [-0.15, -0.1) is 0 Å². The van der Waals surface area contributed by atoms with Crippen molar-refractivity contribution in [1.29, 1.82) is 0 Å². The molecule has 3 heterocycles. The molecule has 0 bridgehead atoms. The number of amides is 1. The van der Waals surface area contributed by atoms with Crippen LogP contribution in [0.15, 0.2) is 65.6 Å². The van der Waals surface area contributed by atoms with E-state index in [1.54, 1.807) is 4.90 Å². The Morgan fingerprint density at radius 2 is 1.74 bits per heavy atom. The molecule has 5 rings (SSSR count). The number of nitrogens with zero attached hydrogens (tertiary/aromatic N) is 5. The first-order valence-electron chi connectivity index (χ1n) is 11.0. The van der Waals surface area contributed by atoms with E-state index in [1.807, 2.05) is 54.6 Å². The predicted molar refractivity (Wildman–Crippen MR) is 131 cm³/mol. The summed E-state index contributed by atoms with van der Waals surface area (Å²) in [5.41, 5.74) is 8.26. The van der Waals surface area contributed by atoms with E-state index >= 15 is 0 Å². The van der Waals surface area contributed by atoms with Gasteiger partial charge < -0.3 is 20.9 Å². The third-order valence-electron chi connectivity index (χ3n) is 5.85. The first kappa shape index (κ1) is 21.5. The normalized spacial score (nSPS) is 13.8. The third kappa shape index (κ3) is 4.30. The number of nitrogens with one attached hydrogen (secondary N) is 2. The fourth-order valence-electron chi connectivity index (χ4n) is 4.05. The molecular formula is C24H24N8O2. The summed E-state index contributed by atoms with van der Waals surface area (Å²) in [6.07, 6.45) is 1.52. The minimum absolute atomic E-state index is 0.0173. The van der Waals surface area contributed by atoms with E-state index < -0.39 is 0 Å². The maximum Gasteiger partial charge on any atom is 0.277 e. The second-order valence-corrected chi connectivity index (χ2v) is 7.97. The maximum absolute atomic E-state index is 12.5. The highest BCUT2D eigenvalue weighted by molar-refractivity contribution is 5.91. The Bertz CT molecular complexity index is 1360. The number of aromatic amines is 1. The zero-order chi connectivity index (χ0) is 23.5. The van der Waals surface area contributed by atoms with Gasteiger partial charge in [0.2, 0.25) is 5.91 Å². The summed E-state index contributed by atoms with van der Waals surface area (Å²) in [7, 11) is 0. The van der Waals surface area contributed by atoms with Crippen LogP contribution >= 0.6 is 0 Å². The summed E-state index contributed by atoms with van der Waals surface area (Å²) in [5.74, 6) is 0.898. The van der Waals surface area contributed by atoms with Gasteiger partial charge in [-0.2, -0.15) is 5.10 Å². The molecule has 2 aromatic heterocycles. The van der Waals surface area contributed by atoms with Gasteiger partial charge in [0.25, 0.3) is 5.56 Å². The molecule has 0 atom stereocenters. The fourth-order valence-corrected chi connectivity index (χ4v) is 4.05. The molecule has 0 radical (unpaired) electrons. The van der Waals surface area contributed by atoms with E-state index in [-0.39, 0.29) is 18.0 Å². The van der Waals surface area contributed by atoms with Crippen molar-refractivity contribution in [2.45, 2.75) is 0 Å². The van der Waals surface area contributed by atoms with Gasteiger partial charge in [0, 0.05) is 43.1 Å². The van der Waals surface area contributed by atoms with E-state index in [0.717, 1.165) is 30.0 Å². The number of hydrogen-bond donors (Lipinski definition) is 3. The molecule has 10 heteroatoms. The molecule has 4 N–H and O–H groups in total. The van der Waals surface area contributed by atoms with Crippen LogP contribution in [-0.2, 0) is 4.79 Å². The zero-order valence-electron chi connectivity index (χ0n) is 18.4. The Kier molecular flexibility index (Phi) is 5.88.